The first-order valence-corrected chi connectivity index (χ1v) is 7.00. The lowest BCUT2D eigenvalue weighted by Gasteiger charge is -2.20. The van der Waals surface area contributed by atoms with E-state index in [1.54, 1.807) is 35.0 Å². The highest BCUT2D eigenvalue weighted by atomic mass is 16.2. The number of fused-ring (bicyclic) bond motifs is 1. The minimum Gasteiger partial charge on any atom is -0.344 e. The molecule has 3 rings (SSSR count). The lowest BCUT2D eigenvalue weighted by molar-refractivity contribution is -0.129. The van der Waals surface area contributed by atoms with Crippen LogP contribution in [-0.2, 0) is 16.0 Å². The molecule has 1 fully saturated rings. The predicted octanol–water partition coefficient (Wildman–Crippen LogP) is 0.485. The highest BCUT2D eigenvalue weighted by Crippen LogP contribution is 2.24. The van der Waals surface area contributed by atoms with E-state index in [2.05, 4.69) is 5.32 Å². The van der Waals surface area contributed by atoms with Crippen molar-refractivity contribution in [2.24, 2.45) is 0 Å². The van der Waals surface area contributed by atoms with Crippen molar-refractivity contribution in [1.82, 2.24) is 9.80 Å². The van der Waals surface area contributed by atoms with E-state index in [0.29, 0.717) is 25.1 Å². The van der Waals surface area contributed by atoms with Crippen LogP contribution < -0.4 is 5.32 Å². The summed E-state index contributed by atoms with van der Waals surface area (Å²) in [6, 6.07) is 5.19. The topological polar surface area (TPSA) is 69.7 Å². The number of hydrogen-bond donors (Lipinski definition) is 1. The van der Waals surface area contributed by atoms with Gasteiger partial charge in [0.05, 0.1) is 6.42 Å². The molecular weight excluding hydrogens is 270 g/mol. The van der Waals surface area contributed by atoms with E-state index in [0.717, 1.165) is 17.7 Å². The van der Waals surface area contributed by atoms with Gasteiger partial charge in [0.2, 0.25) is 11.8 Å². The van der Waals surface area contributed by atoms with E-state index in [9.17, 15) is 14.4 Å². The molecule has 1 saturated heterocycles. The summed E-state index contributed by atoms with van der Waals surface area (Å²) in [7, 11) is 1.75. The summed E-state index contributed by atoms with van der Waals surface area (Å²) in [5.74, 6) is -0.249. The third-order valence-electron chi connectivity index (χ3n) is 3.94. The van der Waals surface area contributed by atoms with Gasteiger partial charge in [-0.15, -0.1) is 0 Å². The van der Waals surface area contributed by atoms with Crippen molar-refractivity contribution in [2.75, 3.05) is 32.0 Å². The first-order valence-electron chi connectivity index (χ1n) is 7.00. The van der Waals surface area contributed by atoms with E-state index in [1.807, 2.05) is 0 Å². The molecule has 0 saturated carbocycles. The molecule has 0 aromatic heterocycles. The Morgan fingerprint density at radius 2 is 2.05 bits per heavy atom. The van der Waals surface area contributed by atoms with E-state index >= 15 is 0 Å². The third-order valence-corrected chi connectivity index (χ3v) is 3.94. The molecule has 0 unspecified atom stereocenters. The zero-order chi connectivity index (χ0) is 15.0. The molecule has 0 bridgehead atoms. The van der Waals surface area contributed by atoms with Gasteiger partial charge in [-0.2, -0.15) is 0 Å². The maximum Gasteiger partial charge on any atom is 0.254 e. The van der Waals surface area contributed by atoms with Crippen molar-refractivity contribution >= 4 is 23.4 Å². The molecule has 21 heavy (non-hydrogen) atoms. The average Bonchev–Trinajstić information content (AvgIpc) is 2.75. The van der Waals surface area contributed by atoms with Crippen molar-refractivity contribution in [3.8, 4) is 0 Å². The van der Waals surface area contributed by atoms with Crippen molar-refractivity contribution in [2.45, 2.75) is 12.8 Å². The van der Waals surface area contributed by atoms with Gasteiger partial charge in [0.25, 0.3) is 5.91 Å². The van der Waals surface area contributed by atoms with Gasteiger partial charge in [-0.1, -0.05) is 0 Å². The van der Waals surface area contributed by atoms with Gasteiger partial charge in [0.1, 0.15) is 6.54 Å². The molecule has 2 aliphatic heterocycles. The highest BCUT2D eigenvalue weighted by Gasteiger charge is 2.25. The van der Waals surface area contributed by atoms with Crippen LogP contribution in [0, 0.1) is 0 Å². The van der Waals surface area contributed by atoms with E-state index < -0.39 is 0 Å². The van der Waals surface area contributed by atoms with Crippen LogP contribution in [0.1, 0.15) is 22.3 Å². The first kappa shape index (κ1) is 13.6. The van der Waals surface area contributed by atoms with Crippen LogP contribution in [0.15, 0.2) is 18.2 Å². The number of nitrogens with one attached hydrogen (secondary N) is 1. The Labute approximate surface area is 122 Å². The summed E-state index contributed by atoms with van der Waals surface area (Å²) in [6.45, 7) is 1.36. The number of carbonyl (C=O) groups excluding carboxylic acids is 3. The lowest BCUT2D eigenvalue weighted by Crippen LogP contribution is -2.38. The molecule has 6 heteroatoms. The SMILES string of the molecule is CN1CCCN(C(=O)c2ccc3c(c2)CC(=O)N3)CC1=O. The Kier molecular flexibility index (Phi) is 3.37. The minimum atomic E-state index is -0.152. The number of rotatable bonds is 1. The Bertz CT molecular complexity index is 627. The van der Waals surface area contributed by atoms with Crippen molar-refractivity contribution in [3.05, 3.63) is 29.3 Å². The lowest BCUT2D eigenvalue weighted by atomic mass is 10.1. The third kappa shape index (κ3) is 2.61. The average molecular weight is 287 g/mol. The van der Waals surface area contributed by atoms with Gasteiger partial charge in [-0.3, -0.25) is 14.4 Å². The van der Waals surface area contributed by atoms with Crippen LogP contribution >= 0.6 is 0 Å². The highest BCUT2D eigenvalue weighted by molar-refractivity contribution is 6.02. The van der Waals surface area contributed by atoms with Crippen molar-refractivity contribution in [1.29, 1.82) is 0 Å². The Morgan fingerprint density at radius 1 is 1.24 bits per heavy atom. The molecule has 110 valence electrons. The predicted molar refractivity (Wildman–Crippen MR) is 76.9 cm³/mol. The number of likely N-dealkylation sites (N-methyl/N-ethyl adjacent to an activating group) is 1. The van der Waals surface area contributed by atoms with Crippen LogP contribution in [0.5, 0.6) is 0 Å². The molecule has 6 nitrogen and oxygen atoms in total. The van der Waals surface area contributed by atoms with Gasteiger partial charge < -0.3 is 15.1 Å². The fraction of sp³-hybridized carbons (Fsp3) is 0.400. The molecule has 0 spiro atoms. The molecular formula is C15H17N3O3. The Morgan fingerprint density at radius 3 is 2.86 bits per heavy atom. The zero-order valence-electron chi connectivity index (χ0n) is 11.9. The first-order chi connectivity index (χ1) is 10.0. The molecule has 1 aromatic rings. The zero-order valence-corrected chi connectivity index (χ0v) is 11.9. The number of anilines is 1. The summed E-state index contributed by atoms with van der Waals surface area (Å²) in [5, 5.41) is 2.74. The quantitative estimate of drug-likeness (QED) is 0.817. The second-order valence-electron chi connectivity index (χ2n) is 5.49. The fourth-order valence-electron chi connectivity index (χ4n) is 2.70. The van der Waals surface area contributed by atoms with Crippen molar-refractivity contribution < 1.29 is 14.4 Å². The van der Waals surface area contributed by atoms with Crippen LogP contribution in [0.4, 0.5) is 5.69 Å². The van der Waals surface area contributed by atoms with E-state index in [1.165, 1.54) is 0 Å². The second kappa shape index (κ2) is 5.20. The molecule has 0 atom stereocenters. The smallest absolute Gasteiger partial charge is 0.254 e. The van der Waals surface area contributed by atoms with Crippen LogP contribution in [-0.4, -0.2) is 54.2 Å². The monoisotopic (exact) mass is 287 g/mol. The van der Waals surface area contributed by atoms with E-state index in [-0.39, 0.29) is 24.3 Å². The van der Waals surface area contributed by atoms with Gasteiger partial charge in [0.15, 0.2) is 0 Å². The molecule has 1 aromatic carbocycles. The molecule has 0 radical (unpaired) electrons. The van der Waals surface area contributed by atoms with Crippen molar-refractivity contribution in [3.63, 3.8) is 0 Å². The number of hydrogen-bond acceptors (Lipinski definition) is 3. The number of carbonyl (C=O) groups is 3. The molecule has 0 aliphatic carbocycles. The summed E-state index contributed by atoms with van der Waals surface area (Å²) in [6.07, 6.45) is 1.08. The second-order valence-corrected chi connectivity index (χ2v) is 5.49. The van der Waals surface area contributed by atoms with Gasteiger partial charge in [-0.25, -0.2) is 0 Å². The van der Waals surface area contributed by atoms with Crippen LogP contribution in [0.3, 0.4) is 0 Å². The maximum absolute atomic E-state index is 12.5. The van der Waals surface area contributed by atoms with Gasteiger partial charge >= 0.3 is 0 Å². The fourth-order valence-corrected chi connectivity index (χ4v) is 2.70. The van der Waals surface area contributed by atoms with Gasteiger partial charge in [-0.05, 0) is 30.2 Å². The Balaban J connectivity index is 1.81. The number of nitrogens with zero attached hydrogens (tertiary/aromatic N) is 2. The number of amides is 3. The largest absolute Gasteiger partial charge is 0.344 e. The molecule has 1 N–H and O–H groups in total. The summed E-state index contributed by atoms with van der Waals surface area (Å²) in [4.78, 5) is 39.0. The molecule has 3 amide bonds. The van der Waals surface area contributed by atoms with Crippen LogP contribution in [0.2, 0.25) is 0 Å². The standard InChI is InChI=1S/C15H17N3O3/c1-17-5-2-6-18(9-14(17)20)15(21)10-3-4-12-11(7-10)8-13(19)16-12/h3-4,7H,2,5-6,8-9H2,1H3,(H,16,19). The summed E-state index contributed by atoms with van der Waals surface area (Å²) in [5.41, 5.74) is 2.13. The molecule has 2 heterocycles. The Hall–Kier alpha value is -2.37. The molecule has 2 aliphatic rings. The minimum absolute atomic E-state index is 0.0427. The normalized spacial score (nSPS) is 18.3. The number of benzene rings is 1. The summed E-state index contributed by atoms with van der Waals surface area (Å²) < 4.78 is 0. The van der Waals surface area contributed by atoms with E-state index in [4.69, 9.17) is 0 Å². The van der Waals surface area contributed by atoms with Gasteiger partial charge in [0, 0.05) is 31.4 Å². The van der Waals surface area contributed by atoms with Crippen LogP contribution in [0.25, 0.3) is 0 Å². The summed E-state index contributed by atoms with van der Waals surface area (Å²) >= 11 is 0. The maximum atomic E-state index is 12.5.